The Hall–Kier alpha value is -0.260. The first-order valence-electron chi connectivity index (χ1n) is 3.88. The van der Waals surface area contributed by atoms with Crippen LogP contribution >= 0.6 is 0 Å². The molecule has 1 radical (unpaired) electrons. The molecule has 0 aliphatic heterocycles. The molecular weight excluding hydrogens is 108 g/mol. The lowest BCUT2D eigenvalue weighted by molar-refractivity contribution is 0.489. The van der Waals surface area contributed by atoms with E-state index in [0.717, 1.165) is 5.92 Å². The molecule has 0 heterocycles. The standard InChI is InChI=1S/C9H15/c1-2-6-9-7-4-3-5-8-9/h2,4,6,9H,3,5,7-8H2,1H3. The maximum absolute atomic E-state index is 2.41. The Labute approximate surface area is 58.0 Å². The van der Waals surface area contributed by atoms with Crippen LogP contribution in [0.5, 0.6) is 0 Å². The van der Waals surface area contributed by atoms with Crippen LogP contribution in [0.2, 0.25) is 0 Å². The lowest BCUT2D eigenvalue weighted by atomic mass is 9.89. The molecule has 1 saturated carbocycles. The molecule has 0 bridgehead atoms. The van der Waals surface area contributed by atoms with Gasteiger partial charge < -0.3 is 0 Å². The molecule has 0 aromatic rings. The molecule has 0 N–H and O–H groups in total. The van der Waals surface area contributed by atoms with Crippen molar-refractivity contribution in [1.29, 1.82) is 0 Å². The zero-order chi connectivity index (χ0) is 6.53. The van der Waals surface area contributed by atoms with Gasteiger partial charge in [0.2, 0.25) is 0 Å². The number of hydrogen-bond donors (Lipinski definition) is 0. The summed E-state index contributed by atoms with van der Waals surface area (Å²) in [4.78, 5) is 0. The molecule has 1 aliphatic carbocycles. The second-order valence-electron chi connectivity index (χ2n) is 2.74. The van der Waals surface area contributed by atoms with Gasteiger partial charge in [0.05, 0.1) is 0 Å². The molecular formula is C9H15. The van der Waals surface area contributed by atoms with Gasteiger partial charge in [-0.25, -0.2) is 0 Å². The molecule has 9 heavy (non-hydrogen) atoms. The van der Waals surface area contributed by atoms with Gasteiger partial charge in [-0.1, -0.05) is 25.0 Å². The Morgan fingerprint density at radius 3 is 3.00 bits per heavy atom. The highest BCUT2D eigenvalue weighted by Crippen LogP contribution is 2.23. The summed E-state index contributed by atoms with van der Waals surface area (Å²) in [5.74, 6) is 0.865. The molecule has 1 aliphatic rings. The molecule has 0 amide bonds. The fourth-order valence-electron chi connectivity index (χ4n) is 1.42. The van der Waals surface area contributed by atoms with Crippen LogP contribution in [0.4, 0.5) is 0 Å². The van der Waals surface area contributed by atoms with Crippen molar-refractivity contribution in [2.75, 3.05) is 0 Å². The van der Waals surface area contributed by atoms with Crippen molar-refractivity contribution < 1.29 is 0 Å². The summed E-state index contributed by atoms with van der Waals surface area (Å²) >= 11 is 0. The van der Waals surface area contributed by atoms with Crippen LogP contribution < -0.4 is 0 Å². The average Bonchev–Trinajstić information content (AvgIpc) is 1.91. The fraction of sp³-hybridized carbons (Fsp3) is 0.667. The van der Waals surface area contributed by atoms with Gasteiger partial charge in [0.15, 0.2) is 0 Å². The minimum Gasteiger partial charge on any atom is -0.0914 e. The Bertz CT molecular complexity index is 86.2. The molecule has 0 heteroatoms. The van der Waals surface area contributed by atoms with Gasteiger partial charge in [-0.2, -0.15) is 0 Å². The molecule has 0 aromatic heterocycles. The van der Waals surface area contributed by atoms with Crippen LogP contribution in [-0.2, 0) is 0 Å². The molecule has 1 fully saturated rings. The van der Waals surface area contributed by atoms with E-state index in [0.29, 0.717) is 0 Å². The normalized spacial score (nSPS) is 23.2. The molecule has 1 rings (SSSR count). The van der Waals surface area contributed by atoms with E-state index in [4.69, 9.17) is 0 Å². The summed E-state index contributed by atoms with van der Waals surface area (Å²) < 4.78 is 0. The largest absolute Gasteiger partial charge is 0.0914 e. The smallest absolute Gasteiger partial charge is 0.0231 e. The third-order valence-corrected chi connectivity index (χ3v) is 1.92. The van der Waals surface area contributed by atoms with Crippen molar-refractivity contribution >= 4 is 0 Å². The van der Waals surface area contributed by atoms with Crippen LogP contribution in [0.15, 0.2) is 12.2 Å². The predicted molar refractivity (Wildman–Crippen MR) is 41.1 cm³/mol. The van der Waals surface area contributed by atoms with Crippen LogP contribution in [0.3, 0.4) is 0 Å². The Morgan fingerprint density at radius 2 is 2.44 bits per heavy atom. The maximum Gasteiger partial charge on any atom is -0.0231 e. The quantitative estimate of drug-likeness (QED) is 0.470. The summed E-state index contributed by atoms with van der Waals surface area (Å²) in [6.07, 6.45) is 12.4. The van der Waals surface area contributed by atoms with E-state index in [1.54, 1.807) is 0 Å². The highest BCUT2D eigenvalue weighted by molar-refractivity contribution is 4.91. The number of hydrogen-bond acceptors (Lipinski definition) is 0. The van der Waals surface area contributed by atoms with Crippen molar-refractivity contribution in [2.45, 2.75) is 32.6 Å². The van der Waals surface area contributed by atoms with Crippen LogP contribution in [-0.4, -0.2) is 0 Å². The molecule has 0 nitrogen and oxygen atoms in total. The second-order valence-corrected chi connectivity index (χ2v) is 2.74. The Balaban J connectivity index is 2.23. The molecule has 1 atom stereocenters. The first-order chi connectivity index (χ1) is 4.43. The average molecular weight is 123 g/mol. The van der Waals surface area contributed by atoms with Crippen LogP contribution in [0, 0.1) is 12.3 Å². The topological polar surface area (TPSA) is 0 Å². The third kappa shape index (κ3) is 2.21. The van der Waals surface area contributed by atoms with E-state index >= 15 is 0 Å². The van der Waals surface area contributed by atoms with Gasteiger partial charge in [-0.3, -0.25) is 0 Å². The van der Waals surface area contributed by atoms with Gasteiger partial charge in [-0.05, 0) is 32.1 Å². The zero-order valence-electron chi connectivity index (χ0n) is 6.14. The molecule has 0 aromatic carbocycles. The summed E-state index contributed by atoms with van der Waals surface area (Å²) in [6, 6.07) is 0. The van der Waals surface area contributed by atoms with Crippen molar-refractivity contribution in [3.8, 4) is 0 Å². The second kappa shape index (κ2) is 3.71. The van der Waals surface area contributed by atoms with Gasteiger partial charge in [0.1, 0.15) is 0 Å². The van der Waals surface area contributed by atoms with Crippen molar-refractivity contribution in [2.24, 2.45) is 5.92 Å². The van der Waals surface area contributed by atoms with E-state index < -0.39 is 0 Å². The van der Waals surface area contributed by atoms with E-state index in [2.05, 4.69) is 25.5 Å². The van der Waals surface area contributed by atoms with Crippen molar-refractivity contribution in [1.82, 2.24) is 0 Å². The molecule has 0 saturated heterocycles. The zero-order valence-corrected chi connectivity index (χ0v) is 6.14. The summed E-state index contributed by atoms with van der Waals surface area (Å²) in [5, 5.41) is 0. The van der Waals surface area contributed by atoms with Gasteiger partial charge in [0.25, 0.3) is 0 Å². The highest BCUT2D eigenvalue weighted by Gasteiger charge is 2.08. The highest BCUT2D eigenvalue weighted by atomic mass is 14.1. The molecule has 0 spiro atoms. The lowest BCUT2D eigenvalue weighted by Gasteiger charge is -2.16. The predicted octanol–water partition coefficient (Wildman–Crippen LogP) is 2.96. The summed E-state index contributed by atoms with van der Waals surface area (Å²) in [6.45, 7) is 2.11. The molecule has 1 unspecified atom stereocenters. The SMILES string of the molecule is CC=CC1C[CH]CCC1. The van der Waals surface area contributed by atoms with E-state index in [9.17, 15) is 0 Å². The number of allylic oxidation sites excluding steroid dienone is 2. The Morgan fingerprint density at radius 1 is 1.56 bits per heavy atom. The van der Waals surface area contributed by atoms with Gasteiger partial charge in [0, 0.05) is 0 Å². The summed E-state index contributed by atoms with van der Waals surface area (Å²) in [7, 11) is 0. The van der Waals surface area contributed by atoms with Gasteiger partial charge in [-0.15, -0.1) is 0 Å². The van der Waals surface area contributed by atoms with Crippen LogP contribution in [0.25, 0.3) is 0 Å². The van der Waals surface area contributed by atoms with E-state index in [1.807, 2.05) is 0 Å². The first kappa shape index (κ1) is 6.85. The Kier molecular flexibility index (Phi) is 2.82. The monoisotopic (exact) mass is 123 g/mol. The minimum absolute atomic E-state index is 0.865. The van der Waals surface area contributed by atoms with Crippen molar-refractivity contribution in [3.05, 3.63) is 18.6 Å². The maximum atomic E-state index is 2.41. The van der Waals surface area contributed by atoms with E-state index in [-0.39, 0.29) is 0 Å². The van der Waals surface area contributed by atoms with Gasteiger partial charge >= 0.3 is 0 Å². The third-order valence-electron chi connectivity index (χ3n) is 1.92. The van der Waals surface area contributed by atoms with Crippen LogP contribution in [0.1, 0.15) is 32.6 Å². The fourth-order valence-corrected chi connectivity index (χ4v) is 1.42. The first-order valence-corrected chi connectivity index (χ1v) is 3.88. The van der Waals surface area contributed by atoms with E-state index in [1.165, 1.54) is 25.7 Å². The lowest BCUT2D eigenvalue weighted by Crippen LogP contribution is -2.02. The number of rotatable bonds is 1. The minimum atomic E-state index is 0.865. The summed E-state index contributed by atoms with van der Waals surface area (Å²) in [5.41, 5.74) is 0. The molecule has 51 valence electrons. The van der Waals surface area contributed by atoms with Crippen molar-refractivity contribution in [3.63, 3.8) is 0 Å².